The zero-order valence-electron chi connectivity index (χ0n) is 39.7. The lowest BCUT2D eigenvalue weighted by molar-refractivity contribution is -0.146. The molecule has 0 radical (unpaired) electrons. The van der Waals surface area contributed by atoms with Crippen LogP contribution in [-0.4, -0.2) is 100 Å². The number of nitrogens with one attached hydrogen (secondary N) is 1. The first-order chi connectivity index (χ1) is 29.3. The van der Waals surface area contributed by atoms with Crippen molar-refractivity contribution in [3.8, 4) is 0 Å². The van der Waals surface area contributed by atoms with E-state index in [1.165, 1.54) is 171 Å². The third kappa shape index (κ3) is 43.6. The van der Waals surface area contributed by atoms with E-state index < -0.39 is 11.8 Å². The SMILES string of the molecule is CCCCCCCCCCCCCCCCCC(=O)OCCN(CCOC(=O)CCCCCCCCCCCCCCCCC)C(=O)C=CC(=O)NCCOCCN(C)C. The second-order valence-corrected chi connectivity index (χ2v) is 17.2. The van der Waals surface area contributed by atoms with Crippen LogP contribution in [0.1, 0.15) is 219 Å². The van der Waals surface area contributed by atoms with Crippen LogP contribution in [0.4, 0.5) is 0 Å². The summed E-state index contributed by atoms with van der Waals surface area (Å²) in [7, 11) is 3.93. The lowest BCUT2D eigenvalue weighted by Gasteiger charge is -2.21. The number of hydrogen-bond acceptors (Lipinski definition) is 8. The van der Waals surface area contributed by atoms with Crippen LogP contribution in [0.2, 0.25) is 0 Å². The van der Waals surface area contributed by atoms with Crippen molar-refractivity contribution in [1.82, 2.24) is 15.1 Å². The first-order valence-electron chi connectivity index (χ1n) is 25.1. The molecule has 0 aromatic rings. The molecular weight excluding hydrogens is 755 g/mol. The standard InChI is InChI=1S/C50H95N3O7/c1-5-7-9-11-13-15-17-19-21-23-25-27-29-31-33-35-49(56)59-45-41-53(48(55)38-37-47(54)51-39-43-58-44-40-52(3)4)42-46-60-50(57)36-34-32-30-28-26-24-22-20-18-16-14-12-10-8-6-2/h37-38H,5-36,39-46H2,1-4H3,(H,51,54). The van der Waals surface area contributed by atoms with E-state index >= 15 is 0 Å². The van der Waals surface area contributed by atoms with Gasteiger partial charge in [0.05, 0.1) is 26.3 Å². The number of likely N-dealkylation sites (N-methyl/N-ethyl adjacent to an activating group) is 1. The predicted octanol–water partition coefficient (Wildman–Crippen LogP) is 11.7. The topological polar surface area (TPSA) is 114 Å². The van der Waals surface area contributed by atoms with Gasteiger partial charge in [-0.15, -0.1) is 0 Å². The minimum Gasteiger partial charge on any atom is -0.464 e. The van der Waals surface area contributed by atoms with Crippen LogP contribution in [0.25, 0.3) is 0 Å². The fraction of sp³-hybridized carbons (Fsp3) is 0.880. The number of nitrogens with zero attached hydrogens (tertiary/aromatic N) is 2. The molecule has 352 valence electrons. The number of amides is 2. The van der Waals surface area contributed by atoms with Gasteiger partial charge in [-0.05, 0) is 26.9 Å². The second kappa shape index (κ2) is 46.1. The van der Waals surface area contributed by atoms with E-state index in [-0.39, 0.29) is 38.2 Å². The molecule has 0 spiro atoms. The third-order valence-electron chi connectivity index (χ3n) is 11.1. The Bertz CT molecular complexity index is 970. The third-order valence-corrected chi connectivity index (χ3v) is 11.1. The largest absolute Gasteiger partial charge is 0.464 e. The van der Waals surface area contributed by atoms with Gasteiger partial charge in [0.1, 0.15) is 13.2 Å². The summed E-state index contributed by atoms with van der Waals surface area (Å²) in [5.74, 6) is -1.35. The van der Waals surface area contributed by atoms with Crippen molar-refractivity contribution < 1.29 is 33.4 Å². The zero-order valence-corrected chi connectivity index (χ0v) is 39.7. The Hall–Kier alpha value is -2.46. The Kier molecular flexibility index (Phi) is 44.2. The van der Waals surface area contributed by atoms with Gasteiger partial charge in [0.25, 0.3) is 0 Å². The van der Waals surface area contributed by atoms with Crippen molar-refractivity contribution in [2.75, 3.05) is 66.7 Å². The Morgan fingerprint density at radius 2 is 0.783 bits per heavy atom. The summed E-state index contributed by atoms with van der Waals surface area (Å²) >= 11 is 0. The Morgan fingerprint density at radius 1 is 0.433 bits per heavy atom. The molecule has 0 bridgehead atoms. The van der Waals surface area contributed by atoms with Crippen molar-refractivity contribution in [3.05, 3.63) is 12.2 Å². The molecule has 0 unspecified atom stereocenters. The number of unbranched alkanes of at least 4 members (excludes halogenated alkanes) is 28. The lowest BCUT2D eigenvalue weighted by Crippen LogP contribution is -2.36. The van der Waals surface area contributed by atoms with E-state index in [0.29, 0.717) is 32.6 Å². The van der Waals surface area contributed by atoms with Crippen LogP contribution in [-0.2, 0) is 33.4 Å². The maximum Gasteiger partial charge on any atom is 0.305 e. The van der Waals surface area contributed by atoms with Crippen LogP contribution < -0.4 is 5.32 Å². The summed E-state index contributed by atoms with van der Waals surface area (Å²) < 4.78 is 16.4. The van der Waals surface area contributed by atoms with E-state index in [4.69, 9.17) is 14.2 Å². The maximum absolute atomic E-state index is 13.1. The van der Waals surface area contributed by atoms with Crippen LogP contribution in [0.3, 0.4) is 0 Å². The van der Waals surface area contributed by atoms with E-state index in [1.807, 2.05) is 19.0 Å². The van der Waals surface area contributed by atoms with Gasteiger partial charge in [-0.25, -0.2) is 0 Å². The molecule has 0 rings (SSSR count). The first kappa shape index (κ1) is 57.5. The molecule has 2 amide bonds. The molecule has 0 aromatic carbocycles. The molecule has 0 aliphatic rings. The number of rotatable bonds is 46. The molecule has 0 saturated carbocycles. The van der Waals surface area contributed by atoms with Crippen molar-refractivity contribution in [2.45, 2.75) is 219 Å². The first-order valence-corrected chi connectivity index (χ1v) is 25.1. The molecule has 0 aromatic heterocycles. The van der Waals surface area contributed by atoms with Gasteiger partial charge in [-0.2, -0.15) is 0 Å². The van der Waals surface area contributed by atoms with Gasteiger partial charge in [-0.1, -0.05) is 194 Å². The zero-order chi connectivity index (χ0) is 44.0. The maximum atomic E-state index is 13.1. The Labute approximate surface area is 369 Å². The average molecular weight is 850 g/mol. The van der Waals surface area contributed by atoms with Crippen LogP contribution in [0.15, 0.2) is 12.2 Å². The summed E-state index contributed by atoms with van der Waals surface area (Å²) in [5, 5.41) is 2.72. The molecule has 0 atom stereocenters. The number of esters is 2. The molecule has 1 N–H and O–H groups in total. The van der Waals surface area contributed by atoms with Crippen LogP contribution in [0.5, 0.6) is 0 Å². The number of carbonyl (C=O) groups is 4. The van der Waals surface area contributed by atoms with E-state index in [0.717, 1.165) is 45.1 Å². The summed E-state index contributed by atoms with van der Waals surface area (Å²) in [6, 6.07) is 0. The number of ether oxygens (including phenoxy) is 3. The highest BCUT2D eigenvalue weighted by atomic mass is 16.5. The molecule has 60 heavy (non-hydrogen) atoms. The van der Waals surface area contributed by atoms with Crippen molar-refractivity contribution >= 4 is 23.8 Å². The fourth-order valence-corrected chi connectivity index (χ4v) is 7.20. The average Bonchev–Trinajstić information content (AvgIpc) is 3.23. The summed E-state index contributed by atoms with van der Waals surface area (Å²) in [4.78, 5) is 53.8. The van der Waals surface area contributed by atoms with Gasteiger partial charge in [0.15, 0.2) is 0 Å². The summed E-state index contributed by atoms with van der Waals surface area (Å²) in [5.41, 5.74) is 0. The van der Waals surface area contributed by atoms with Crippen molar-refractivity contribution in [1.29, 1.82) is 0 Å². The molecule has 0 saturated heterocycles. The summed E-state index contributed by atoms with van der Waals surface area (Å²) in [6.45, 7) is 6.98. The quantitative estimate of drug-likeness (QED) is 0.0366. The molecular formula is C50H95N3O7. The van der Waals surface area contributed by atoms with E-state index in [1.54, 1.807) is 0 Å². The van der Waals surface area contributed by atoms with Gasteiger partial charge in [-0.3, -0.25) is 19.2 Å². The molecule has 0 fully saturated rings. The predicted molar refractivity (Wildman–Crippen MR) is 249 cm³/mol. The molecule has 10 heteroatoms. The van der Waals surface area contributed by atoms with E-state index in [9.17, 15) is 19.2 Å². The van der Waals surface area contributed by atoms with Crippen molar-refractivity contribution in [2.24, 2.45) is 0 Å². The van der Waals surface area contributed by atoms with Crippen LogP contribution >= 0.6 is 0 Å². The highest BCUT2D eigenvalue weighted by Gasteiger charge is 2.14. The lowest BCUT2D eigenvalue weighted by atomic mass is 10.0. The normalized spacial score (nSPS) is 11.4. The van der Waals surface area contributed by atoms with Gasteiger partial charge < -0.3 is 29.3 Å². The highest BCUT2D eigenvalue weighted by molar-refractivity contribution is 5.96. The number of hydrogen-bond donors (Lipinski definition) is 1. The fourth-order valence-electron chi connectivity index (χ4n) is 7.20. The van der Waals surface area contributed by atoms with Gasteiger partial charge in [0.2, 0.25) is 11.8 Å². The molecule has 10 nitrogen and oxygen atoms in total. The smallest absolute Gasteiger partial charge is 0.305 e. The highest BCUT2D eigenvalue weighted by Crippen LogP contribution is 2.15. The van der Waals surface area contributed by atoms with Gasteiger partial charge >= 0.3 is 11.9 Å². The molecule has 0 heterocycles. The summed E-state index contributed by atoms with van der Waals surface area (Å²) in [6.07, 6.45) is 41.2. The molecule has 0 aliphatic heterocycles. The van der Waals surface area contributed by atoms with Gasteiger partial charge in [0, 0.05) is 38.1 Å². The second-order valence-electron chi connectivity index (χ2n) is 17.2. The number of carbonyl (C=O) groups excluding carboxylic acids is 4. The molecule has 0 aliphatic carbocycles. The minimum atomic E-state index is -0.413. The van der Waals surface area contributed by atoms with Crippen LogP contribution in [0, 0.1) is 0 Å². The Morgan fingerprint density at radius 3 is 1.13 bits per heavy atom. The van der Waals surface area contributed by atoms with E-state index in [2.05, 4.69) is 19.2 Å². The van der Waals surface area contributed by atoms with Crippen molar-refractivity contribution in [3.63, 3.8) is 0 Å². The minimum absolute atomic E-state index is 0.0424. The Balaban J connectivity index is 4.37. The monoisotopic (exact) mass is 850 g/mol.